The minimum absolute atomic E-state index is 0.198. The van der Waals surface area contributed by atoms with E-state index in [0.29, 0.717) is 0 Å². The lowest BCUT2D eigenvalue weighted by atomic mass is 10.0. The summed E-state index contributed by atoms with van der Waals surface area (Å²) in [7, 11) is 4.19. The maximum absolute atomic E-state index is 4.88. The van der Waals surface area contributed by atoms with Gasteiger partial charge in [-0.1, -0.05) is 6.07 Å². The van der Waals surface area contributed by atoms with Crippen LogP contribution in [0.25, 0.3) is 10.8 Å². The summed E-state index contributed by atoms with van der Waals surface area (Å²) in [6.45, 7) is 0.809. The SMILES string of the molecule is CN(C)C(Cn1ccnc1-c1nc2c(s1)CCCC2)c1ccccn1. The number of likely N-dealkylation sites (N-methyl/N-ethyl adjacent to an activating group) is 1. The van der Waals surface area contributed by atoms with Crippen LogP contribution in [0, 0.1) is 0 Å². The first-order valence-corrected chi connectivity index (χ1v) is 9.61. The van der Waals surface area contributed by atoms with E-state index in [-0.39, 0.29) is 6.04 Å². The fraction of sp³-hybridized carbons (Fsp3) is 0.421. The minimum atomic E-state index is 0.198. The molecule has 1 atom stereocenters. The van der Waals surface area contributed by atoms with Crippen LogP contribution in [-0.2, 0) is 19.4 Å². The molecule has 0 spiro atoms. The summed E-state index contributed by atoms with van der Waals surface area (Å²) in [5, 5.41) is 1.05. The van der Waals surface area contributed by atoms with Crippen molar-refractivity contribution >= 4 is 11.3 Å². The molecular formula is C19H23N5S. The van der Waals surface area contributed by atoms with Gasteiger partial charge in [0, 0.05) is 30.0 Å². The van der Waals surface area contributed by atoms with Gasteiger partial charge >= 0.3 is 0 Å². The van der Waals surface area contributed by atoms with Crippen molar-refractivity contribution in [1.82, 2.24) is 24.4 Å². The van der Waals surface area contributed by atoms with E-state index < -0.39 is 0 Å². The first-order valence-electron chi connectivity index (χ1n) is 8.80. The highest BCUT2D eigenvalue weighted by atomic mass is 32.1. The Bertz CT molecular complexity index is 813. The molecule has 0 aromatic carbocycles. The summed E-state index contributed by atoms with van der Waals surface area (Å²) in [4.78, 5) is 17.7. The van der Waals surface area contributed by atoms with Gasteiger partial charge in [0.05, 0.1) is 17.4 Å². The Morgan fingerprint density at radius 3 is 2.80 bits per heavy atom. The monoisotopic (exact) mass is 353 g/mol. The fourth-order valence-electron chi connectivity index (χ4n) is 3.38. The van der Waals surface area contributed by atoms with E-state index in [0.717, 1.165) is 29.5 Å². The molecule has 3 aromatic rings. The van der Waals surface area contributed by atoms with E-state index >= 15 is 0 Å². The van der Waals surface area contributed by atoms with Crippen molar-refractivity contribution in [3.63, 3.8) is 0 Å². The molecule has 0 amide bonds. The molecule has 25 heavy (non-hydrogen) atoms. The first kappa shape index (κ1) is 16.4. The predicted molar refractivity (Wildman–Crippen MR) is 101 cm³/mol. The lowest BCUT2D eigenvalue weighted by Crippen LogP contribution is -2.25. The van der Waals surface area contributed by atoms with Crippen molar-refractivity contribution in [2.24, 2.45) is 0 Å². The van der Waals surface area contributed by atoms with Crippen LogP contribution < -0.4 is 0 Å². The number of aromatic nitrogens is 4. The summed E-state index contributed by atoms with van der Waals surface area (Å²) in [6.07, 6.45) is 10.6. The molecule has 0 aliphatic heterocycles. The number of hydrogen-bond acceptors (Lipinski definition) is 5. The van der Waals surface area contributed by atoms with Crippen LogP contribution in [0.2, 0.25) is 0 Å². The van der Waals surface area contributed by atoms with Gasteiger partial charge in [0.1, 0.15) is 0 Å². The van der Waals surface area contributed by atoms with Crippen LogP contribution in [0.1, 0.15) is 35.1 Å². The minimum Gasteiger partial charge on any atom is -0.327 e. The van der Waals surface area contributed by atoms with Crippen molar-refractivity contribution in [2.45, 2.75) is 38.3 Å². The Hall–Kier alpha value is -2.05. The van der Waals surface area contributed by atoms with Gasteiger partial charge in [-0.2, -0.15) is 0 Å². The van der Waals surface area contributed by atoms with E-state index in [1.807, 2.05) is 35.9 Å². The van der Waals surface area contributed by atoms with Crippen LogP contribution in [0.4, 0.5) is 0 Å². The van der Waals surface area contributed by atoms with Gasteiger partial charge in [0.25, 0.3) is 0 Å². The second-order valence-corrected chi connectivity index (χ2v) is 7.82. The molecule has 1 aliphatic rings. The molecule has 5 nitrogen and oxygen atoms in total. The summed E-state index contributed by atoms with van der Waals surface area (Å²) < 4.78 is 2.21. The lowest BCUT2D eigenvalue weighted by molar-refractivity contribution is 0.264. The van der Waals surface area contributed by atoms with Crippen LogP contribution in [0.3, 0.4) is 0 Å². The van der Waals surface area contributed by atoms with Crippen LogP contribution in [-0.4, -0.2) is 38.5 Å². The number of hydrogen-bond donors (Lipinski definition) is 0. The third-order valence-electron chi connectivity index (χ3n) is 4.77. The molecular weight excluding hydrogens is 330 g/mol. The quantitative estimate of drug-likeness (QED) is 0.703. The number of nitrogens with zero attached hydrogens (tertiary/aromatic N) is 5. The number of pyridine rings is 1. The Morgan fingerprint density at radius 1 is 1.16 bits per heavy atom. The Morgan fingerprint density at radius 2 is 2.04 bits per heavy atom. The zero-order valence-electron chi connectivity index (χ0n) is 14.7. The number of rotatable bonds is 5. The smallest absolute Gasteiger partial charge is 0.169 e. The Kier molecular flexibility index (Phi) is 4.63. The van der Waals surface area contributed by atoms with E-state index in [4.69, 9.17) is 4.98 Å². The molecule has 1 unspecified atom stereocenters. The largest absolute Gasteiger partial charge is 0.327 e. The molecule has 0 N–H and O–H groups in total. The van der Waals surface area contributed by atoms with Gasteiger partial charge in [-0.25, -0.2) is 9.97 Å². The first-order chi connectivity index (χ1) is 12.2. The van der Waals surface area contributed by atoms with E-state index in [2.05, 4.69) is 45.8 Å². The highest BCUT2D eigenvalue weighted by molar-refractivity contribution is 7.15. The normalized spacial score (nSPS) is 15.3. The van der Waals surface area contributed by atoms with Crippen LogP contribution >= 0.6 is 11.3 Å². The number of thiazole rings is 1. The van der Waals surface area contributed by atoms with Gasteiger partial charge in [-0.15, -0.1) is 11.3 Å². The van der Waals surface area contributed by atoms with Crippen LogP contribution in [0.5, 0.6) is 0 Å². The van der Waals surface area contributed by atoms with Gasteiger partial charge in [0.2, 0.25) is 0 Å². The zero-order valence-corrected chi connectivity index (χ0v) is 15.5. The summed E-state index contributed by atoms with van der Waals surface area (Å²) >= 11 is 1.81. The molecule has 6 heteroatoms. The van der Waals surface area contributed by atoms with Gasteiger partial charge in [-0.05, 0) is 51.9 Å². The topological polar surface area (TPSA) is 46.8 Å². The lowest BCUT2D eigenvalue weighted by Gasteiger charge is -2.24. The van der Waals surface area contributed by atoms with Crippen molar-refractivity contribution in [3.8, 4) is 10.8 Å². The zero-order chi connectivity index (χ0) is 17.2. The molecule has 0 fully saturated rings. The van der Waals surface area contributed by atoms with E-state index in [1.54, 1.807) is 0 Å². The number of imidazole rings is 1. The van der Waals surface area contributed by atoms with Crippen LogP contribution in [0.15, 0.2) is 36.8 Å². The van der Waals surface area contributed by atoms with Crippen molar-refractivity contribution in [1.29, 1.82) is 0 Å². The van der Waals surface area contributed by atoms with E-state index in [9.17, 15) is 0 Å². The average molecular weight is 353 g/mol. The molecule has 4 rings (SSSR count). The molecule has 1 aliphatic carbocycles. The van der Waals surface area contributed by atoms with E-state index in [1.165, 1.54) is 29.8 Å². The summed E-state index contributed by atoms with van der Waals surface area (Å²) in [5.41, 5.74) is 2.36. The molecule has 0 saturated carbocycles. The molecule has 130 valence electrons. The number of aryl methyl sites for hydroxylation is 2. The molecule has 0 saturated heterocycles. The molecule has 0 bridgehead atoms. The highest BCUT2D eigenvalue weighted by Gasteiger charge is 2.21. The van der Waals surface area contributed by atoms with Gasteiger partial charge in [0.15, 0.2) is 10.8 Å². The maximum Gasteiger partial charge on any atom is 0.169 e. The summed E-state index contributed by atoms with van der Waals surface area (Å²) in [6, 6.07) is 6.29. The predicted octanol–water partition coefficient (Wildman–Crippen LogP) is 3.58. The number of fused-ring (bicyclic) bond motifs is 1. The van der Waals surface area contributed by atoms with Gasteiger partial charge < -0.3 is 4.57 Å². The third kappa shape index (κ3) is 3.37. The molecule has 3 aromatic heterocycles. The average Bonchev–Trinajstić information content (AvgIpc) is 3.26. The third-order valence-corrected chi connectivity index (χ3v) is 5.93. The second kappa shape index (κ2) is 7.06. The standard InChI is InChI=1S/C19H23N5S/c1-23(2)16(14-7-5-6-10-20-14)13-24-12-11-21-18(24)19-22-15-8-3-4-9-17(15)25-19/h5-7,10-12,16H,3-4,8-9,13H2,1-2H3. The maximum atomic E-state index is 4.88. The van der Waals surface area contributed by atoms with Crippen molar-refractivity contribution in [2.75, 3.05) is 14.1 Å². The van der Waals surface area contributed by atoms with Crippen molar-refractivity contribution in [3.05, 3.63) is 53.1 Å². The fourth-order valence-corrected chi connectivity index (χ4v) is 4.55. The van der Waals surface area contributed by atoms with Crippen molar-refractivity contribution < 1.29 is 0 Å². The Labute approximate surface area is 152 Å². The molecule has 0 radical (unpaired) electrons. The molecule has 3 heterocycles. The highest BCUT2D eigenvalue weighted by Crippen LogP contribution is 2.32. The Balaban J connectivity index is 1.64. The van der Waals surface area contributed by atoms with Gasteiger partial charge in [-0.3, -0.25) is 9.88 Å². The second-order valence-electron chi connectivity index (χ2n) is 6.73. The summed E-state index contributed by atoms with van der Waals surface area (Å²) in [5.74, 6) is 0.974.